The van der Waals surface area contributed by atoms with E-state index in [9.17, 15) is 14.0 Å². The van der Waals surface area contributed by atoms with Gasteiger partial charge >= 0.3 is 5.69 Å². The second-order valence-electron chi connectivity index (χ2n) is 5.51. The number of hydrogen-bond acceptors (Lipinski definition) is 4. The first-order chi connectivity index (χ1) is 11.8. The van der Waals surface area contributed by atoms with Gasteiger partial charge < -0.3 is 0 Å². The van der Waals surface area contributed by atoms with Crippen LogP contribution in [-0.4, -0.2) is 19.5 Å². The quantitative estimate of drug-likeness (QED) is 0.728. The van der Waals surface area contributed by atoms with Crippen LogP contribution < -0.4 is 11.2 Å². The average molecular weight is 361 g/mol. The summed E-state index contributed by atoms with van der Waals surface area (Å²) in [5.41, 5.74) is 0.860. The van der Waals surface area contributed by atoms with Crippen molar-refractivity contribution in [3.63, 3.8) is 0 Å². The van der Waals surface area contributed by atoms with Crippen LogP contribution in [0.3, 0.4) is 0 Å². The van der Waals surface area contributed by atoms with E-state index in [0.29, 0.717) is 23.4 Å². The Balaban J connectivity index is 2.54. The lowest BCUT2D eigenvalue weighted by molar-refractivity contribution is 0.623. The molecule has 0 amide bonds. The summed E-state index contributed by atoms with van der Waals surface area (Å²) in [6, 6.07) is 2.68. The van der Waals surface area contributed by atoms with E-state index in [1.54, 1.807) is 19.2 Å². The molecule has 0 fully saturated rings. The van der Waals surface area contributed by atoms with E-state index >= 15 is 0 Å². The molecule has 0 saturated heterocycles. The van der Waals surface area contributed by atoms with Crippen molar-refractivity contribution in [1.29, 1.82) is 0 Å². The summed E-state index contributed by atoms with van der Waals surface area (Å²) in [6.45, 7) is 7.67. The molecule has 0 aliphatic carbocycles. The lowest BCUT2D eigenvalue weighted by atomic mass is 10.1. The van der Waals surface area contributed by atoms with Crippen LogP contribution in [0.5, 0.6) is 0 Å². The number of allylic oxidation sites excluding steroid dienone is 1. The van der Waals surface area contributed by atoms with E-state index in [0.717, 1.165) is 11.6 Å². The number of aromatic amines is 1. The number of halogens is 2. The minimum atomic E-state index is -0.842. The number of nitrogens with zero attached hydrogens (tertiary/aromatic N) is 3. The molecule has 0 bridgehead atoms. The third kappa shape index (κ3) is 2.76. The molecule has 0 unspecified atom stereocenters. The highest BCUT2D eigenvalue weighted by Crippen LogP contribution is 2.26. The van der Waals surface area contributed by atoms with Crippen molar-refractivity contribution in [2.45, 2.75) is 20.3 Å². The van der Waals surface area contributed by atoms with Crippen molar-refractivity contribution < 1.29 is 4.39 Å². The summed E-state index contributed by atoms with van der Waals surface area (Å²) in [6.07, 6.45) is 2.22. The van der Waals surface area contributed by atoms with Gasteiger partial charge in [0.15, 0.2) is 16.6 Å². The maximum absolute atomic E-state index is 13.7. The monoisotopic (exact) mass is 360 g/mol. The average Bonchev–Trinajstić information content (AvgIpc) is 2.57. The first kappa shape index (κ1) is 17.0. The number of nitrogens with one attached hydrogen (secondary N) is 1. The molecule has 3 rings (SSSR count). The molecule has 0 atom stereocenters. The Morgan fingerprint density at radius 2 is 2.16 bits per heavy atom. The maximum atomic E-state index is 13.7. The third-order valence-corrected chi connectivity index (χ3v) is 4.17. The van der Waals surface area contributed by atoms with Crippen LogP contribution in [0.2, 0.25) is 5.15 Å². The van der Waals surface area contributed by atoms with Gasteiger partial charge in [-0.3, -0.25) is 14.8 Å². The van der Waals surface area contributed by atoms with Gasteiger partial charge in [0.25, 0.3) is 5.56 Å². The largest absolute Gasteiger partial charge is 0.334 e. The minimum absolute atomic E-state index is 0.0404. The van der Waals surface area contributed by atoms with Gasteiger partial charge in [-0.2, -0.15) is 0 Å². The molecule has 6 nitrogen and oxygen atoms in total. The van der Waals surface area contributed by atoms with Gasteiger partial charge in [0, 0.05) is 6.20 Å². The normalized spacial score (nSPS) is 11.0. The van der Waals surface area contributed by atoms with Gasteiger partial charge in [-0.25, -0.2) is 18.7 Å². The highest BCUT2D eigenvalue weighted by molar-refractivity contribution is 6.29. The van der Waals surface area contributed by atoms with Crippen LogP contribution in [-0.2, 0) is 0 Å². The van der Waals surface area contributed by atoms with Crippen molar-refractivity contribution in [2.75, 3.05) is 0 Å². The van der Waals surface area contributed by atoms with E-state index in [1.807, 2.05) is 6.92 Å². The highest BCUT2D eigenvalue weighted by atomic mass is 35.5. The first-order valence-electron chi connectivity index (χ1n) is 7.50. The molecule has 3 aromatic rings. The molecule has 25 heavy (non-hydrogen) atoms. The van der Waals surface area contributed by atoms with Crippen LogP contribution >= 0.6 is 11.6 Å². The van der Waals surface area contributed by atoms with Crippen molar-refractivity contribution in [1.82, 2.24) is 19.5 Å². The van der Waals surface area contributed by atoms with Crippen molar-refractivity contribution >= 4 is 28.2 Å². The van der Waals surface area contributed by atoms with Crippen molar-refractivity contribution in [3.8, 4) is 5.69 Å². The maximum Gasteiger partial charge on any atom is 0.334 e. The summed E-state index contributed by atoms with van der Waals surface area (Å²) in [7, 11) is 0. The number of fused-ring (bicyclic) bond motifs is 1. The zero-order valence-corrected chi connectivity index (χ0v) is 14.3. The van der Waals surface area contributed by atoms with E-state index in [-0.39, 0.29) is 11.0 Å². The van der Waals surface area contributed by atoms with Crippen LogP contribution in [0.25, 0.3) is 22.3 Å². The van der Waals surface area contributed by atoms with Crippen molar-refractivity contribution in [3.05, 3.63) is 68.0 Å². The molecular weight excluding hydrogens is 347 g/mol. The molecule has 1 N–H and O–H groups in total. The molecular formula is C17H14ClFN4O2. The molecule has 0 aliphatic heterocycles. The molecule has 0 radical (unpaired) electrons. The fourth-order valence-corrected chi connectivity index (χ4v) is 2.71. The van der Waals surface area contributed by atoms with Gasteiger partial charge in [-0.1, -0.05) is 25.1 Å². The van der Waals surface area contributed by atoms with Crippen LogP contribution in [0, 0.1) is 12.7 Å². The van der Waals surface area contributed by atoms with Crippen LogP contribution in [0.4, 0.5) is 4.39 Å². The van der Waals surface area contributed by atoms with Crippen LogP contribution in [0.1, 0.15) is 24.6 Å². The smallest absolute Gasteiger partial charge is 0.273 e. The van der Waals surface area contributed by atoms with Gasteiger partial charge in [0.1, 0.15) is 0 Å². The summed E-state index contributed by atoms with van der Waals surface area (Å²) in [5.74, 6) is -0.842. The summed E-state index contributed by atoms with van der Waals surface area (Å²) < 4.78 is 14.9. The number of H-pyrrole nitrogens is 1. The Kier molecular flexibility index (Phi) is 4.26. The molecule has 8 heteroatoms. The zero-order valence-electron chi connectivity index (χ0n) is 13.6. The molecule has 0 spiro atoms. The van der Waals surface area contributed by atoms with Crippen LogP contribution in [0.15, 0.2) is 34.5 Å². The molecule has 0 saturated carbocycles. The Morgan fingerprint density at radius 3 is 2.84 bits per heavy atom. The fourth-order valence-electron chi connectivity index (χ4n) is 2.58. The van der Waals surface area contributed by atoms with Gasteiger partial charge in [0.05, 0.1) is 16.8 Å². The number of aryl methyl sites for hydroxylation is 1. The molecule has 0 aromatic carbocycles. The number of rotatable bonds is 3. The fraction of sp³-hybridized carbons (Fsp3) is 0.176. The van der Waals surface area contributed by atoms with E-state index in [1.165, 1.54) is 4.57 Å². The standard InChI is InChI=1S/C17H14ClFN4O2/c1-4-8(2)12-13(9(3)5-6-20-12)23-15-10(16(24)22-17(23)25)7-11(19)14(18)21-15/h5-7H,2,4H2,1,3H3,(H,22,24,25). The van der Waals surface area contributed by atoms with E-state index < -0.39 is 22.2 Å². The summed E-state index contributed by atoms with van der Waals surface area (Å²) in [4.78, 5) is 35.0. The third-order valence-electron chi connectivity index (χ3n) is 3.90. The Hall–Kier alpha value is -2.80. The predicted octanol–water partition coefficient (Wildman–Crippen LogP) is 2.99. The summed E-state index contributed by atoms with van der Waals surface area (Å²) >= 11 is 5.77. The van der Waals surface area contributed by atoms with Gasteiger partial charge in [-0.15, -0.1) is 0 Å². The first-order valence-corrected chi connectivity index (χ1v) is 7.88. The van der Waals surface area contributed by atoms with Gasteiger partial charge in [0.2, 0.25) is 0 Å². The number of hydrogen-bond donors (Lipinski definition) is 1. The SMILES string of the molecule is C=C(CC)c1nccc(C)c1-n1c(=O)[nH]c(=O)c2cc(F)c(Cl)nc21. The topological polar surface area (TPSA) is 80.6 Å². The molecule has 0 aliphatic rings. The van der Waals surface area contributed by atoms with E-state index in [2.05, 4.69) is 21.5 Å². The zero-order chi connectivity index (χ0) is 18.3. The Bertz CT molecular complexity index is 1130. The molecule has 128 valence electrons. The molecule has 3 heterocycles. The number of pyridine rings is 2. The number of aromatic nitrogens is 4. The Labute approximate surface area is 146 Å². The lowest BCUT2D eigenvalue weighted by Gasteiger charge is -2.16. The van der Waals surface area contributed by atoms with E-state index in [4.69, 9.17) is 11.6 Å². The van der Waals surface area contributed by atoms with Gasteiger partial charge in [-0.05, 0) is 36.6 Å². The summed E-state index contributed by atoms with van der Waals surface area (Å²) in [5, 5.41) is -0.513. The highest BCUT2D eigenvalue weighted by Gasteiger charge is 2.19. The Morgan fingerprint density at radius 1 is 1.44 bits per heavy atom. The van der Waals surface area contributed by atoms with Crippen molar-refractivity contribution in [2.24, 2.45) is 0 Å². The molecule has 3 aromatic heterocycles. The minimum Gasteiger partial charge on any atom is -0.273 e. The lowest BCUT2D eigenvalue weighted by Crippen LogP contribution is -2.31. The predicted molar refractivity (Wildman–Crippen MR) is 94.8 cm³/mol. The second-order valence-corrected chi connectivity index (χ2v) is 5.87. The second kappa shape index (κ2) is 6.25.